The second-order valence-corrected chi connectivity index (χ2v) is 6.82. The molecule has 6 nitrogen and oxygen atoms in total. The molecule has 2 aromatic heterocycles. The summed E-state index contributed by atoms with van der Waals surface area (Å²) in [5, 5.41) is 3.76. The number of nitrogens with one attached hydrogen (secondary N) is 1. The Morgan fingerprint density at radius 3 is 3.00 bits per heavy atom. The normalized spacial score (nSPS) is 17.0. The molecule has 2 aromatic rings. The fourth-order valence-electron chi connectivity index (χ4n) is 2.79. The van der Waals surface area contributed by atoms with Crippen molar-refractivity contribution in [1.29, 1.82) is 0 Å². The Morgan fingerprint density at radius 2 is 2.38 bits per heavy atom. The van der Waals surface area contributed by atoms with Gasteiger partial charge in [0, 0.05) is 26.4 Å². The molecule has 0 bridgehead atoms. The van der Waals surface area contributed by atoms with Crippen molar-refractivity contribution in [2.45, 2.75) is 32.4 Å². The molecule has 3 rings (SSSR count). The first-order valence-electron chi connectivity index (χ1n) is 8.13. The minimum absolute atomic E-state index is 0.00680. The average Bonchev–Trinajstić information content (AvgIpc) is 3.24. The van der Waals surface area contributed by atoms with E-state index >= 15 is 0 Å². The number of hydrogen-bond acceptors (Lipinski definition) is 6. The third kappa shape index (κ3) is 3.91. The maximum atomic E-state index is 13.1. The van der Waals surface area contributed by atoms with Gasteiger partial charge in [0.25, 0.3) is 5.91 Å². The van der Waals surface area contributed by atoms with E-state index in [0.717, 1.165) is 36.0 Å². The van der Waals surface area contributed by atoms with Gasteiger partial charge in [-0.1, -0.05) is 17.4 Å². The summed E-state index contributed by atoms with van der Waals surface area (Å²) in [5.41, 5.74) is 1.63. The highest BCUT2D eigenvalue weighted by molar-refractivity contribution is 7.17. The highest BCUT2D eigenvalue weighted by atomic mass is 32.1. The average molecular weight is 346 g/mol. The van der Waals surface area contributed by atoms with Crippen LogP contribution in [0.15, 0.2) is 24.4 Å². The van der Waals surface area contributed by atoms with Crippen molar-refractivity contribution in [2.75, 3.05) is 25.5 Å². The summed E-state index contributed by atoms with van der Waals surface area (Å²) < 4.78 is 5.72. The van der Waals surface area contributed by atoms with E-state index in [9.17, 15) is 4.79 Å². The van der Waals surface area contributed by atoms with Crippen molar-refractivity contribution in [3.05, 3.63) is 40.7 Å². The highest BCUT2D eigenvalue weighted by Gasteiger charge is 2.26. The van der Waals surface area contributed by atoms with Crippen LogP contribution in [0, 0.1) is 6.92 Å². The molecule has 24 heavy (non-hydrogen) atoms. The molecule has 3 heterocycles. The Kier molecular flexibility index (Phi) is 5.42. The number of thiazole rings is 1. The lowest BCUT2D eigenvalue weighted by Crippen LogP contribution is -2.37. The summed E-state index contributed by atoms with van der Waals surface area (Å²) >= 11 is 1.39. The Morgan fingerprint density at radius 1 is 1.50 bits per heavy atom. The summed E-state index contributed by atoms with van der Waals surface area (Å²) in [5.74, 6) is -0.00680. The Bertz CT molecular complexity index is 683. The zero-order chi connectivity index (χ0) is 16.9. The first-order valence-corrected chi connectivity index (χ1v) is 8.95. The van der Waals surface area contributed by atoms with Crippen LogP contribution in [-0.4, -0.2) is 47.1 Å². The number of rotatable bonds is 6. The van der Waals surface area contributed by atoms with Crippen LogP contribution < -0.4 is 5.32 Å². The van der Waals surface area contributed by atoms with Gasteiger partial charge < -0.3 is 15.0 Å². The molecular formula is C17H22N4O2S. The maximum Gasteiger partial charge on any atom is 0.266 e. The number of carbonyl (C=O) groups excluding carboxylic acids is 1. The van der Waals surface area contributed by atoms with Crippen LogP contribution in [-0.2, 0) is 11.3 Å². The van der Waals surface area contributed by atoms with Crippen LogP contribution in [0.4, 0.5) is 5.13 Å². The molecule has 0 unspecified atom stereocenters. The summed E-state index contributed by atoms with van der Waals surface area (Å²) in [6, 6.07) is 5.75. The molecule has 0 spiro atoms. The van der Waals surface area contributed by atoms with Crippen molar-refractivity contribution < 1.29 is 9.53 Å². The van der Waals surface area contributed by atoms with Crippen LogP contribution in [0.5, 0.6) is 0 Å². The largest absolute Gasteiger partial charge is 0.376 e. The fourth-order valence-corrected chi connectivity index (χ4v) is 3.67. The fraction of sp³-hybridized carbons (Fsp3) is 0.471. The van der Waals surface area contributed by atoms with E-state index in [1.54, 1.807) is 6.20 Å². The van der Waals surface area contributed by atoms with E-state index in [1.807, 2.05) is 37.1 Å². The van der Waals surface area contributed by atoms with E-state index in [1.165, 1.54) is 11.3 Å². The van der Waals surface area contributed by atoms with Gasteiger partial charge in [0.05, 0.1) is 24.0 Å². The molecule has 128 valence electrons. The molecule has 7 heteroatoms. The smallest absolute Gasteiger partial charge is 0.266 e. The lowest BCUT2D eigenvalue weighted by Gasteiger charge is -2.25. The number of pyridine rings is 1. The first-order chi connectivity index (χ1) is 11.7. The van der Waals surface area contributed by atoms with E-state index < -0.39 is 0 Å². The van der Waals surface area contributed by atoms with Crippen LogP contribution in [0.25, 0.3) is 0 Å². The predicted molar refractivity (Wildman–Crippen MR) is 94.3 cm³/mol. The molecule has 0 aliphatic carbocycles. The number of ether oxygens (including phenoxy) is 1. The van der Waals surface area contributed by atoms with E-state index in [2.05, 4.69) is 15.3 Å². The quantitative estimate of drug-likeness (QED) is 0.871. The van der Waals surface area contributed by atoms with Crippen LogP contribution >= 0.6 is 11.3 Å². The maximum absolute atomic E-state index is 13.1. The Labute approximate surface area is 145 Å². The third-order valence-electron chi connectivity index (χ3n) is 4.02. The molecule has 1 N–H and O–H groups in total. The summed E-state index contributed by atoms with van der Waals surface area (Å²) in [7, 11) is 1.81. The van der Waals surface area contributed by atoms with Crippen LogP contribution in [0.2, 0.25) is 0 Å². The van der Waals surface area contributed by atoms with Crippen molar-refractivity contribution in [3.63, 3.8) is 0 Å². The molecule has 0 radical (unpaired) electrons. The van der Waals surface area contributed by atoms with Gasteiger partial charge in [-0.3, -0.25) is 9.78 Å². The lowest BCUT2D eigenvalue weighted by molar-refractivity contribution is 0.0507. The van der Waals surface area contributed by atoms with Crippen LogP contribution in [0.1, 0.15) is 33.9 Å². The summed E-state index contributed by atoms with van der Waals surface area (Å²) in [6.45, 7) is 3.71. The molecule has 1 amide bonds. The minimum atomic E-state index is -0.00680. The highest BCUT2D eigenvalue weighted by Crippen LogP contribution is 2.25. The SMILES string of the molecule is CNc1nc(C)c(C(=O)N(Cc2ccccn2)C[C@@H]2CCCO2)s1. The van der Waals surface area contributed by atoms with Gasteiger partial charge in [-0.25, -0.2) is 4.98 Å². The van der Waals surface area contributed by atoms with Gasteiger partial charge in [0.2, 0.25) is 0 Å². The van der Waals surface area contributed by atoms with Gasteiger partial charge in [-0.15, -0.1) is 0 Å². The molecule has 1 saturated heterocycles. The molecular weight excluding hydrogens is 324 g/mol. The van der Waals surface area contributed by atoms with Gasteiger partial charge in [0.1, 0.15) is 4.88 Å². The van der Waals surface area contributed by atoms with Crippen LogP contribution in [0.3, 0.4) is 0 Å². The molecule has 1 aliphatic heterocycles. The van der Waals surface area contributed by atoms with Gasteiger partial charge in [-0.2, -0.15) is 0 Å². The van der Waals surface area contributed by atoms with Crippen molar-refractivity contribution in [3.8, 4) is 0 Å². The van der Waals surface area contributed by atoms with E-state index in [-0.39, 0.29) is 12.0 Å². The van der Waals surface area contributed by atoms with Gasteiger partial charge in [-0.05, 0) is 31.9 Å². The summed E-state index contributed by atoms with van der Waals surface area (Å²) in [4.78, 5) is 24.3. The molecule has 0 saturated carbocycles. The molecule has 1 atom stereocenters. The van der Waals surface area contributed by atoms with E-state index in [4.69, 9.17) is 4.74 Å². The second kappa shape index (κ2) is 7.72. The lowest BCUT2D eigenvalue weighted by atomic mass is 10.2. The predicted octanol–water partition coefficient (Wildman–Crippen LogP) is 2.71. The molecule has 1 fully saturated rings. The zero-order valence-electron chi connectivity index (χ0n) is 14.0. The Hall–Kier alpha value is -1.99. The molecule has 0 aromatic carbocycles. The molecule has 1 aliphatic rings. The van der Waals surface area contributed by atoms with Gasteiger partial charge >= 0.3 is 0 Å². The first kappa shape index (κ1) is 16.9. The number of aromatic nitrogens is 2. The third-order valence-corrected chi connectivity index (χ3v) is 5.18. The number of nitrogens with zero attached hydrogens (tertiary/aromatic N) is 3. The van der Waals surface area contributed by atoms with Crippen molar-refractivity contribution in [1.82, 2.24) is 14.9 Å². The minimum Gasteiger partial charge on any atom is -0.376 e. The van der Waals surface area contributed by atoms with Gasteiger partial charge in [0.15, 0.2) is 5.13 Å². The standard InChI is InChI=1S/C17H22N4O2S/c1-12-15(24-17(18-2)20-12)16(22)21(11-14-7-5-9-23-14)10-13-6-3-4-8-19-13/h3-4,6,8,14H,5,7,9-11H2,1-2H3,(H,18,20)/t14-/m0/s1. The zero-order valence-corrected chi connectivity index (χ0v) is 14.8. The number of carbonyl (C=O) groups is 1. The topological polar surface area (TPSA) is 67.4 Å². The number of anilines is 1. The van der Waals surface area contributed by atoms with E-state index in [0.29, 0.717) is 18.0 Å². The second-order valence-electron chi connectivity index (χ2n) is 5.83. The van der Waals surface area contributed by atoms with Crippen molar-refractivity contribution in [2.24, 2.45) is 0 Å². The number of hydrogen-bond donors (Lipinski definition) is 1. The summed E-state index contributed by atoms with van der Waals surface area (Å²) in [6.07, 6.45) is 3.91. The Balaban J connectivity index is 1.81. The monoisotopic (exact) mass is 346 g/mol. The van der Waals surface area contributed by atoms with Crippen molar-refractivity contribution >= 4 is 22.4 Å². The number of aryl methyl sites for hydroxylation is 1. The number of amides is 1.